The molecule has 1 amide bonds. The summed E-state index contributed by atoms with van der Waals surface area (Å²) in [7, 11) is 1.69. The smallest absolute Gasteiger partial charge is 0.236 e. The third kappa shape index (κ3) is 1.48. The minimum Gasteiger partial charge on any atom is -0.358 e. The third-order valence-corrected chi connectivity index (χ3v) is 5.26. The number of likely N-dealkylation sites (N-methyl/N-ethyl adjacent to an activating group) is 1. The van der Waals surface area contributed by atoms with Crippen LogP contribution >= 0.6 is 0 Å². The van der Waals surface area contributed by atoms with Crippen molar-refractivity contribution in [3.63, 3.8) is 0 Å². The molecule has 4 bridgehead atoms. The Bertz CT molecular complexity index is 274. The minimum absolute atomic E-state index is 0.0393. The van der Waals surface area contributed by atoms with E-state index in [9.17, 15) is 4.79 Å². The van der Waals surface area contributed by atoms with Crippen molar-refractivity contribution in [2.24, 2.45) is 35.3 Å². The van der Waals surface area contributed by atoms with Gasteiger partial charge in [-0.3, -0.25) is 4.79 Å². The van der Waals surface area contributed by atoms with Gasteiger partial charge in [-0.25, -0.2) is 0 Å². The highest BCUT2D eigenvalue weighted by Crippen LogP contribution is 2.57. The van der Waals surface area contributed by atoms with E-state index < -0.39 is 0 Å². The van der Waals surface area contributed by atoms with Crippen LogP contribution in [0.1, 0.15) is 32.1 Å². The van der Waals surface area contributed by atoms with Gasteiger partial charge < -0.3 is 11.1 Å². The molecule has 4 rings (SSSR count). The lowest BCUT2D eigenvalue weighted by Gasteiger charge is -2.55. The lowest BCUT2D eigenvalue weighted by Crippen LogP contribution is -2.56. The fourth-order valence-electron chi connectivity index (χ4n) is 4.90. The Morgan fingerprint density at radius 1 is 1.12 bits per heavy atom. The first-order valence-corrected chi connectivity index (χ1v) is 6.66. The van der Waals surface area contributed by atoms with Crippen molar-refractivity contribution in [3.8, 4) is 0 Å². The van der Waals surface area contributed by atoms with Gasteiger partial charge in [0, 0.05) is 7.05 Å². The summed E-state index contributed by atoms with van der Waals surface area (Å²) in [4.78, 5) is 11.7. The second-order valence-corrected chi connectivity index (χ2v) is 6.15. The van der Waals surface area contributed by atoms with Crippen molar-refractivity contribution in [3.05, 3.63) is 0 Å². The van der Waals surface area contributed by atoms with Gasteiger partial charge in [0.1, 0.15) is 0 Å². The van der Waals surface area contributed by atoms with Gasteiger partial charge in [0.15, 0.2) is 0 Å². The largest absolute Gasteiger partial charge is 0.358 e. The normalized spacial score (nSPS) is 46.8. The van der Waals surface area contributed by atoms with E-state index >= 15 is 0 Å². The van der Waals surface area contributed by atoms with Crippen LogP contribution in [0.2, 0.25) is 0 Å². The molecule has 4 aliphatic rings. The Kier molecular flexibility index (Phi) is 2.46. The highest BCUT2D eigenvalue weighted by Gasteiger charge is 2.50. The molecule has 0 aromatic rings. The summed E-state index contributed by atoms with van der Waals surface area (Å²) in [5.74, 6) is 3.89. The molecular formula is C13H22N2O. The van der Waals surface area contributed by atoms with Crippen molar-refractivity contribution >= 4 is 5.91 Å². The molecule has 0 aromatic heterocycles. The zero-order valence-electron chi connectivity index (χ0n) is 9.99. The van der Waals surface area contributed by atoms with Gasteiger partial charge in [-0.2, -0.15) is 0 Å². The van der Waals surface area contributed by atoms with Crippen LogP contribution < -0.4 is 11.1 Å². The van der Waals surface area contributed by atoms with Gasteiger partial charge in [0.2, 0.25) is 5.91 Å². The Morgan fingerprint density at radius 3 is 2.06 bits per heavy atom. The number of carbonyl (C=O) groups is 1. The number of rotatable bonds is 2. The lowest BCUT2D eigenvalue weighted by atomic mass is 9.50. The van der Waals surface area contributed by atoms with Gasteiger partial charge >= 0.3 is 0 Å². The van der Waals surface area contributed by atoms with Crippen LogP contribution in [-0.2, 0) is 4.79 Å². The van der Waals surface area contributed by atoms with Gasteiger partial charge in [0.25, 0.3) is 0 Å². The van der Waals surface area contributed by atoms with Crippen molar-refractivity contribution in [2.45, 2.75) is 38.1 Å². The van der Waals surface area contributed by atoms with E-state index in [0.717, 1.165) is 23.7 Å². The van der Waals surface area contributed by atoms with E-state index in [-0.39, 0.29) is 11.9 Å². The molecule has 4 fully saturated rings. The Morgan fingerprint density at radius 2 is 1.62 bits per heavy atom. The fourth-order valence-corrected chi connectivity index (χ4v) is 4.90. The summed E-state index contributed by atoms with van der Waals surface area (Å²) in [5.41, 5.74) is 6.14. The summed E-state index contributed by atoms with van der Waals surface area (Å²) in [5, 5.41) is 2.71. The maximum Gasteiger partial charge on any atom is 0.236 e. The topological polar surface area (TPSA) is 55.1 Å². The molecule has 3 nitrogen and oxygen atoms in total. The fraction of sp³-hybridized carbons (Fsp3) is 0.923. The molecular weight excluding hydrogens is 200 g/mol. The molecule has 4 aliphatic carbocycles. The number of hydrogen-bond acceptors (Lipinski definition) is 2. The van der Waals surface area contributed by atoms with Gasteiger partial charge in [-0.1, -0.05) is 0 Å². The average Bonchev–Trinajstić information content (AvgIpc) is 2.26. The summed E-state index contributed by atoms with van der Waals surface area (Å²) >= 11 is 0. The molecule has 1 atom stereocenters. The molecule has 4 saturated carbocycles. The lowest BCUT2D eigenvalue weighted by molar-refractivity contribution is -0.128. The molecule has 0 heterocycles. The van der Waals surface area contributed by atoms with Crippen molar-refractivity contribution in [1.29, 1.82) is 0 Å². The number of nitrogens with two attached hydrogens (primary N) is 1. The van der Waals surface area contributed by atoms with Crippen LogP contribution in [0.5, 0.6) is 0 Å². The number of amides is 1. The number of carbonyl (C=O) groups excluding carboxylic acids is 1. The predicted octanol–water partition coefficient (Wildman–Crippen LogP) is 1.13. The first kappa shape index (κ1) is 10.6. The van der Waals surface area contributed by atoms with E-state index in [1.54, 1.807) is 7.05 Å². The molecule has 0 spiro atoms. The zero-order valence-corrected chi connectivity index (χ0v) is 9.99. The molecule has 16 heavy (non-hydrogen) atoms. The van der Waals surface area contributed by atoms with Gasteiger partial charge in [0.05, 0.1) is 6.04 Å². The highest BCUT2D eigenvalue weighted by molar-refractivity contribution is 5.81. The van der Waals surface area contributed by atoms with Crippen LogP contribution in [0.4, 0.5) is 0 Å². The van der Waals surface area contributed by atoms with Crippen LogP contribution in [0.15, 0.2) is 0 Å². The van der Waals surface area contributed by atoms with Crippen molar-refractivity contribution in [2.75, 3.05) is 7.05 Å². The summed E-state index contributed by atoms with van der Waals surface area (Å²) in [6, 6.07) is -0.264. The van der Waals surface area contributed by atoms with E-state index in [4.69, 9.17) is 5.73 Å². The van der Waals surface area contributed by atoms with E-state index in [0.29, 0.717) is 5.92 Å². The average molecular weight is 222 g/mol. The van der Waals surface area contributed by atoms with Crippen molar-refractivity contribution in [1.82, 2.24) is 5.32 Å². The molecule has 0 saturated heterocycles. The molecule has 1 unspecified atom stereocenters. The summed E-state index contributed by atoms with van der Waals surface area (Å²) in [6.07, 6.45) is 6.80. The molecule has 0 aromatic carbocycles. The predicted molar refractivity (Wildman–Crippen MR) is 62.6 cm³/mol. The maximum atomic E-state index is 11.7. The third-order valence-electron chi connectivity index (χ3n) is 5.26. The molecule has 3 N–H and O–H groups in total. The van der Waals surface area contributed by atoms with Gasteiger partial charge in [-0.05, 0) is 61.7 Å². The monoisotopic (exact) mass is 222 g/mol. The second-order valence-electron chi connectivity index (χ2n) is 6.15. The SMILES string of the molecule is CNC(=O)C(N)C1C2CC3CC(C2)CC1C3. The first-order valence-electron chi connectivity index (χ1n) is 6.66. The second kappa shape index (κ2) is 3.73. The zero-order chi connectivity index (χ0) is 11.3. The first-order chi connectivity index (χ1) is 7.69. The maximum absolute atomic E-state index is 11.7. The van der Waals surface area contributed by atoms with Crippen LogP contribution in [0, 0.1) is 29.6 Å². The molecule has 0 radical (unpaired) electrons. The highest BCUT2D eigenvalue weighted by atomic mass is 16.2. The van der Waals surface area contributed by atoms with Crippen LogP contribution in [0.25, 0.3) is 0 Å². The summed E-state index contributed by atoms with van der Waals surface area (Å²) < 4.78 is 0. The van der Waals surface area contributed by atoms with E-state index in [1.807, 2.05) is 0 Å². The standard InChI is InChI=1S/C13H22N2O/c1-15-13(16)12(14)11-9-3-7-2-8(5-9)6-10(11)4-7/h7-12H,2-6,14H2,1H3,(H,15,16). The van der Waals surface area contributed by atoms with Crippen LogP contribution in [-0.4, -0.2) is 19.0 Å². The Labute approximate surface area is 97.2 Å². The minimum atomic E-state index is -0.264. The van der Waals surface area contributed by atoms with E-state index in [1.165, 1.54) is 32.1 Å². The van der Waals surface area contributed by atoms with E-state index in [2.05, 4.69) is 5.32 Å². The molecule has 3 heteroatoms. The quantitative estimate of drug-likeness (QED) is 0.736. The van der Waals surface area contributed by atoms with Gasteiger partial charge in [-0.15, -0.1) is 0 Å². The molecule has 90 valence electrons. The summed E-state index contributed by atoms with van der Waals surface area (Å²) in [6.45, 7) is 0. The number of hydrogen-bond donors (Lipinski definition) is 2. The Balaban J connectivity index is 1.78. The van der Waals surface area contributed by atoms with Crippen LogP contribution in [0.3, 0.4) is 0 Å². The Hall–Kier alpha value is -0.570. The van der Waals surface area contributed by atoms with Crippen molar-refractivity contribution < 1.29 is 4.79 Å². The molecule has 0 aliphatic heterocycles. The number of nitrogens with one attached hydrogen (secondary N) is 1.